The topological polar surface area (TPSA) is 105 Å². The monoisotopic (exact) mass is 592 g/mol. The molecule has 210 valence electrons. The molecular weight excluding hydrogens is 559 g/mol. The van der Waals surface area contributed by atoms with Crippen LogP contribution in [0.1, 0.15) is 61.1 Å². The lowest BCUT2D eigenvalue weighted by Gasteiger charge is -2.26. The molecule has 2 heterocycles. The third-order valence-corrected chi connectivity index (χ3v) is 8.30. The largest absolute Gasteiger partial charge is 0.286 e. The van der Waals surface area contributed by atoms with E-state index in [1.54, 1.807) is 22.9 Å². The summed E-state index contributed by atoms with van der Waals surface area (Å²) in [5, 5.41) is 7.56. The van der Waals surface area contributed by atoms with Crippen molar-refractivity contribution < 1.29 is 17.8 Å². The maximum absolute atomic E-state index is 13.3. The molecule has 0 unspecified atom stereocenters. The predicted molar refractivity (Wildman–Crippen MR) is 155 cm³/mol. The van der Waals surface area contributed by atoms with Crippen molar-refractivity contribution in [2.24, 2.45) is 5.41 Å². The Morgan fingerprint density at radius 2 is 1.74 bits per heavy atom. The maximum Gasteiger partial charge on any atom is 0.286 e. The Labute approximate surface area is 240 Å². The molecule has 39 heavy (non-hydrogen) atoms. The lowest BCUT2D eigenvalue weighted by atomic mass is 9.83. The van der Waals surface area contributed by atoms with Crippen molar-refractivity contribution in [2.45, 2.75) is 52.9 Å². The Morgan fingerprint density at radius 3 is 2.36 bits per heavy atom. The first-order valence-electron chi connectivity index (χ1n) is 13.0. The number of carbonyl (C=O) groups is 1. The Balaban J connectivity index is 1.68. The van der Waals surface area contributed by atoms with E-state index in [9.17, 15) is 13.2 Å². The van der Waals surface area contributed by atoms with Crippen LogP contribution >= 0.6 is 23.2 Å². The number of hydrazine groups is 1. The van der Waals surface area contributed by atoms with E-state index in [4.69, 9.17) is 32.9 Å². The van der Waals surface area contributed by atoms with Crippen LogP contribution in [0.3, 0.4) is 0 Å². The molecule has 0 aliphatic carbocycles. The molecule has 2 aromatic carbocycles. The number of hydrogen-bond donors (Lipinski definition) is 2. The van der Waals surface area contributed by atoms with Crippen molar-refractivity contribution >= 4 is 39.2 Å². The normalized spacial score (nSPS) is 14.9. The highest BCUT2D eigenvalue weighted by Gasteiger charge is 2.26. The van der Waals surface area contributed by atoms with E-state index in [0.717, 1.165) is 54.7 Å². The number of amides is 1. The summed E-state index contributed by atoms with van der Waals surface area (Å²) in [7, 11) is -4.01. The number of carbonyl (C=O) groups excluding carboxylic acids is 1. The van der Waals surface area contributed by atoms with E-state index in [-0.39, 0.29) is 17.1 Å². The van der Waals surface area contributed by atoms with Crippen molar-refractivity contribution in [2.75, 3.05) is 18.8 Å². The number of aromatic nitrogens is 2. The molecule has 1 aromatic heterocycles. The minimum atomic E-state index is -4.01. The van der Waals surface area contributed by atoms with Gasteiger partial charge < -0.3 is 0 Å². The van der Waals surface area contributed by atoms with Gasteiger partial charge in [0.2, 0.25) is 0 Å². The first-order valence-corrected chi connectivity index (χ1v) is 15.3. The molecular formula is C28H34Cl2N4O4S. The highest BCUT2D eigenvalue weighted by Crippen LogP contribution is 2.34. The molecule has 4 rings (SSSR count). The maximum atomic E-state index is 13.3. The van der Waals surface area contributed by atoms with Crippen LogP contribution in [0.25, 0.3) is 16.9 Å². The summed E-state index contributed by atoms with van der Waals surface area (Å²) in [5.41, 5.74) is 6.93. The lowest BCUT2D eigenvalue weighted by molar-refractivity contribution is 0.0743. The fourth-order valence-corrected chi connectivity index (χ4v) is 6.21. The van der Waals surface area contributed by atoms with Crippen molar-refractivity contribution in [1.29, 1.82) is 0 Å². The van der Waals surface area contributed by atoms with Gasteiger partial charge in [-0.05, 0) is 61.8 Å². The van der Waals surface area contributed by atoms with Gasteiger partial charge in [-0.3, -0.25) is 14.8 Å². The Bertz CT molecular complexity index is 1450. The highest BCUT2D eigenvalue weighted by atomic mass is 35.5. The number of rotatable bonds is 9. The first kappa shape index (κ1) is 29.6. The molecule has 11 heteroatoms. The summed E-state index contributed by atoms with van der Waals surface area (Å²) in [6, 6.07) is 13.0. The van der Waals surface area contributed by atoms with Gasteiger partial charge in [0, 0.05) is 29.2 Å². The fraction of sp³-hybridized carbons (Fsp3) is 0.429. The standard InChI is InChI=1S/C28H34Cl2N4O4S/c1-19-25(27(35)32-33-14-5-4-6-15-33)31-34(24-12-11-22(29)17-23(24)30)26(19)21-9-7-20(8-10-21)18-28(2,3)13-16-39(36,37)38/h7-12,17H,4-6,13-16,18H2,1-3H3,(H,32,35)(H,36,37,38). The van der Waals surface area contributed by atoms with Gasteiger partial charge in [0.25, 0.3) is 16.0 Å². The third kappa shape index (κ3) is 7.61. The number of nitrogens with one attached hydrogen (secondary N) is 1. The summed E-state index contributed by atoms with van der Waals surface area (Å²) in [4.78, 5) is 13.3. The number of hydrogen-bond acceptors (Lipinski definition) is 5. The summed E-state index contributed by atoms with van der Waals surface area (Å²) < 4.78 is 33.3. The van der Waals surface area contributed by atoms with Gasteiger partial charge in [0.1, 0.15) is 0 Å². The summed E-state index contributed by atoms with van der Waals surface area (Å²) >= 11 is 12.7. The Kier molecular flexibility index (Phi) is 9.08. The molecule has 0 spiro atoms. The Morgan fingerprint density at radius 1 is 1.08 bits per heavy atom. The highest BCUT2D eigenvalue weighted by molar-refractivity contribution is 7.85. The number of nitrogens with zero attached hydrogens (tertiary/aromatic N) is 3. The van der Waals surface area contributed by atoms with Crippen LogP contribution < -0.4 is 5.43 Å². The minimum Gasteiger partial charge on any atom is -0.286 e. The second kappa shape index (κ2) is 12.0. The SMILES string of the molecule is Cc1c(C(=O)NN2CCCCC2)nn(-c2ccc(Cl)cc2Cl)c1-c1ccc(CC(C)(C)CCS(=O)(=O)O)cc1. The molecule has 0 bridgehead atoms. The number of piperidine rings is 1. The predicted octanol–water partition coefficient (Wildman–Crippen LogP) is 6.13. The number of benzene rings is 2. The van der Waals surface area contributed by atoms with Crippen LogP contribution in [0, 0.1) is 12.3 Å². The third-order valence-electron chi connectivity index (χ3n) is 7.04. The zero-order valence-electron chi connectivity index (χ0n) is 22.4. The van der Waals surface area contributed by atoms with Gasteiger partial charge in [-0.15, -0.1) is 0 Å². The van der Waals surface area contributed by atoms with Gasteiger partial charge >= 0.3 is 0 Å². The van der Waals surface area contributed by atoms with Gasteiger partial charge in [0.15, 0.2) is 5.69 Å². The van der Waals surface area contributed by atoms with E-state index in [2.05, 4.69) is 5.43 Å². The molecule has 8 nitrogen and oxygen atoms in total. The molecule has 1 amide bonds. The summed E-state index contributed by atoms with van der Waals surface area (Å²) in [6.07, 6.45) is 4.21. The average molecular weight is 594 g/mol. The van der Waals surface area contributed by atoms with Crippen molar-refractivity contribution in [3.63, 3.8) is 0 Å². The van der Waals surface area contributed by atoms with Crippen LogP contribution in [0.5, 0.6) is 0 Å². The van der Waals surface area contributed by atoms with Gasteiger partial charge in [-0.25, -0.2) is 9.69 Å². The zero-order chi connectivity index (χ0) is 28.4. The van der Waals surface area contributed by atoms with E-state index in [1.165, 1.54) is 0 Å². The molecule has 1 saturated heterocycles. The summed E-state index contributed by atoms with van der Waals surface area (Å²) in [6.45, 7) is 7.44. The second-order valence-corrected chi connectivity index (χ2v) is 13.3. The molecule has 1 aliphatic rings. The Hall–Kier alpha value is -2.43. The lowest BCUT2D eigenvalue weighted by Crippen LogP contribution is -2.45. The van der Waals surface area contributed by atoms with E-state index >= 15 is 0 Å². The van der Waals surface area contributed by atoms with E-state index in [0.29, 0.717) is 34.3 Å². The molecule has 1 aliphatic heterocycles. The van der Waals surface area contributed by atoms with Crippen LogP contribution in [-0.4, -0.2) is 52.5 Å². The number of halogens is 2. The fourth-order valence-electron chi connectivity index (χ4n) is 4.91. The molecule has 3 aromatic rings. The molecule has 2 N–H and O–H groups in total. The zero-order valence-corrected chi connectivity index (χ0v) is 24.7. The van der Waals surface area contributed by atoms with Gasteiger partial charge in [0.05, 0.1) is 22.2 Å². The molecule has 1 fully saturated rings. The van der Waals surface area contributed by atoms with Crippen molar-refractivity contribution in [1.82, 2.24) is 20.2 Å². The van der Waals surface area contributed by atoms with Crippen molar-refractivity contribution in [3.8, 4) is 16.9 Å². The van der Waals surface area contributed by atoms with Crippen LogP contribution in [0.2, 0.25) is 10.0 Å². The van der Waals surface area contributed by atoms with Crippen LogP contribution in [-0.2, 0) is 16.5 Å². The van der Waals surface area contributed by atoms with E-state index in [1.807, 2.05) is 50.0 Å². The molecule has 0 radical (unpaired) electrons. The average Bonchev–Trinajstić information content (AvgIpc) is 3.20. The minimum absolute atomic E-state index is 0.267. The molecule has 0 saturated carbocycles. The van der Waals surface area contributed by atoms with Crippen molar-refractivity contribution in [3.05, 3.63) is 69.3 Å². The van der Waals surface area contributed by atoms with Gasteiger partial charge in [-0.2, -0.15) is 13.5 Å². The quantitative estimate of drug-likeness (QED) is 0.289. The van der Waals surface area contributed by atoms with Crippen LogP contribution in [0.4, 0.5) is 0 Å². The van der Waals surface area contributed by atoms with Gasteiger partial charge in [-0.1, -0.05) is 67.7 Å². The molecule has 0 atom stereocenters. The smallest absolute Gasteiger partial charge is 0.286 e. The first-order chi connectivity index (χ1) is 18.3. The van der Waals surface area contributed by atoms with E-state index < -0.39 is 10.1 Å². The summed E-state index contributed by atoms with van der Waals surface area (Å²) in [5.74, 6) is -0.544. The second-order valence-electron chi connectivity index (χ2n) is 10.9. The van der Waals surface area contributed by atoms with Crippen LogP contribution in [0.15, 0.2) is 42.5 Å².